The summed E-state index contributed by atoms with van der Waals surface area (Å²) < 4.78 is 25.4. The minimum absolute atomic E-state index is 0.139. The standard InChI is InChI=1S/C14H16FNO4/c15-12-9(10-6-8(7-16-10)14(17)18)2-3-11-13(12)20-5-1-4-19-11/h2-3,8,10,16H,1,4-7H2,(H,17,18). The van der Waals surface area contributed by atoms with Gasteiger partial charge < -0.3 is 19.9 Å². The number of aliphatic carboxylic acids is 1. The molecule has 0 aliphatic carbocycles. The van der Waals surface area contributed by atoms with Crippen molar-refractivity contribution < 1.29 is 23.8 Å². The van der Waals surface area contributed by atoms with Crippen LogP contribution in [0, 0.1) is 11.7 Å². The molecule has 2 heterocycles. The molecule has 1 fully saturated rings. The molecular formula is C14H16FNO4. The SMILES string of the molecule is O=C(O)C1CNC(c2ccc3c(c2F)OCCCO3)C1. The Kier molecular flexibility index (Phi) is 3.48. The molecule has 6 heteroatoms. The van der Waals surface area contributed by atoms with Crippen molar-refractivity contribution in [2.45, 2.75) is 18.9 Å². The lowest BCUT2D eigenvalue weighted by molar-refractivity contribution is -0.141. The van der Waals surface area contributed by atoms with Gasteiger partial charge in [0.1, 0.15) is 0 Å². The summed E-state index contributed by atoms with van der Waals surface area (Å²) in [6.45, 7) is 1.28. The highest BCUT2D eigenvalue weighted by molar-refractivity contribution is 5.70. The highest BCUT2D eigenvalue weighted by Crippen LogP contribution is 2.38. The van der Waals surface area contributed by atoms with Gasteiger partial charge in [-0.3, -0.25) is 4.79 Å². The van der Waals surface area contributed by atoms with E-state index >= 15 is 0 Å². The summed E-state index contributed by atoms with van der Waals surface area (Å²) in [5, 5.41) is 12.0. The highest BCUT2D eigenvalue weighted by atomic mass is 19.1. The normalized spacial score (nSPS) is 25.2. The molecule has 2 N–H and O–H groups in total. The van der Waals surface area contributed by atoms with Gasteiger partial charge in [-0.2, -0.15) is 0 Å². The lowest BCUT2D eigenvalue weighted by Gasteiger charge is -2.16. The quantitative estimate of drug-likeness (QED) is 0.864. The molecule has 2 atom stereocenters. The van der Waals surface area contributed by atoms with Gasteiger partial charge in [0.2, 0.25) is 0 Å². The number of carboxylic acids is 1. The average Bonchev–Trinajstić information content (AvgIpc) is 2.78. The summed E-state index contributed by atoms with van der Waals surface area (Å²) in [7, 11) is 0. The number of ether oxygens (including phenoxy) is 2. The van der Waals surface area contributed by atoms with Crippen LogP contribution in [-0.4, -0.2) is 30.8 Å². The molecule has 5 nitrogen and oxygen atoms in total. The molecule has 2 aliphatic rings. The van der Waals surface area contributed by atoms with Gasteiger partial charge in [-0.05, 0) is 12.5 Å². The second-order valence-corrected chi connectivity index (χ2v) is 5.08. The number of benzene rings is 1. The Labute approximate surface area is 115 Å². The molecule has 0 aromatic heterocycles. The summed E-state index contributed by atoms with van der Waals surface area (Å²) in [6.07, 6.45) is 1.10. The second kappa shape index (κ2) is 5.28. The van der Waals surface area contributed by atoms with E-state index in [1.165, 1.54) is 0 Å². The molecule has 108 valence electrons. The number of fused-ring (bicyclic) bond motifs is 1. The van der Waals surface area contributed by atoms with E-state index < -0.39 is 17.7 Å². The number of hydrogen-bond acceptors (Lipinski definition) is 4. The smallest absolute Gasteiger partial charge is 0.307 e. The van der Waals surface area contributed by atoms with Crippen LogP contribution in [0.2, 0.25) is 0 Å². The van der Waals surface area contributed by atoms with Gasteiger partial charge in [0, 0.05) is 24.6 Å². The maximum Gasteiger partial charge on any atom is 0.307 e. The van der Waals surface area contributed by atoms with Gasteiger partial charge in [-0.1, -0.05) is 6.07 Å². The van der Waals surface area contributed by atoms with Gasteiger partial charge in [0.05, 0.1) is 19.1 Å². The van der Waals surface area contributed by atoms with Crippen LogP contribution in [0.4, 0.5) is 4.39 Å². The van der Waals surface area contributed by atoms with E-state index in [4.69, 9.17) is 14.6 Å². The van der Waals surface area contributed by atoms with E-state index in [9.17, 15) is 9.18 Å². The van der Waals surface area contributed by atoms with E-state index in [1.54, 1.807) is 12.1 Å². The van der Waals surface area contributed by atoms with Crippen LogP contribution in [0.25, 0.3) is 0 Å². The fourth-order valence-electron chi connectivity index (χ4n) is 2.65. The lowest BCUT2D eigenvalue weighted by Crippen LogP contribution is -2.17. The number of nitrogens with one attached hydrogen (secondary N) is 1. The van der Waals surface area contributed by atoms with E-state index in [1.807, 2.05) is 0 Å². The van der Waals surface area contributed by atoms with Crippen molar-refractivity contribution in [2.24, 2.45) is 5.92 Å². The Bertz CT molecular complexity index is 534. The van der Waals surface area contributed by atoms with E-state index in [-0.39, 0.29) is 11.8 Å². The summed E-state index contributed by atoms with van der Waals surface area (Å²) in [6, 6.07) is 3.04. The van der Waals surface area contributed by atoms with Crippen LogP contribution in [0.5, 0.6) is 11.5 Å². The molecule has 2 aliphatic heterocycles. The lowest BCUT2D eigenvalue weighted by atomic mass is 9.99. The van der Waals surface area contributed by atoms with Crippen LogP contribution < -0.4 is 14.8 Å². The zero-order valence-electron chi connectivity index (χ0n) is 10.9. The molecule has 0 radical (unpaired) electrons. The Balaban J connectivity index is 1.88. The van der Waals surface area contributed by atoms with Crippen molar-refractivity contribution in [3.63, 3.8) is 0 Å². The molecular weight excluding hydrogens is 265 g/mol. The Morgan fingerprint density at radius 1 is 1.35 bits per heavy atom. The first kappa shape index (κ1) is 13.2. The van der Waals surface area contributed by atoms with Crippen molar-refractivity contribution >= 4 is 5.97 Å². The maximum absolute atomic E-state index is 14.5. The fourth-order valence-corrected chi connectivity index (χ4v) is 2.65. The topological polar surface area (TPSA) is 67.8 Å². The van der Waals surface area contributed by atoms with Crippen LogP contribution in [0.15, 0.2) is 12.1 Å². The third kappa shape index (κ3) is 2.31. The molecule has 1 aromatic rings. The molecule has 0 spiro atoms. The first-order chi connectivity index (χ1) is 9.66. The molecule has 0 amide bonds. The minimum Gasteiger partial charge on any atom is -0.489 e. The molecule has 1 saturated heterocycles. The van der Waals surface area contributed by atoms with Crippen LogP contribution in [-0.2, 0) is 4.79 Å². The Morgan fingerprint density at radius 3 is 2.90 bits per heavy atom. The van der Waals surface area contributed by atoms with Crippen LogP contribution >= 0.6 is 0 Å². The second-order valence-electron chi connectivity index (χ2n) is 5.08. The highest BCUT2D eigenvalue weighted by Gasteiger charge is 2.33. The zero-order chi connectivity index (χ0) is 14.1. The number of halogens is 1. The average molecular weight is 281 g/mol. The summed E-state index contributed by atoms with van der Waals surface area (Å²) in [5.41, 5.74) is 0.443. The van der Waals surface area contributed by atoms with Gasteiger partial charge in [-0.15, -0.1) is 0 Å². The maximum atomic E-state index is 14.5. The molecule has 0 saturated carbocycles. The monoisotopic (exact) mass is 281 g/mol. The van der Waals surface area contributed by atoms with E-state index in [0.717, 1.165) is 0 Å². The van der Waals surface area contributed by atoms with Crippen LogP contribution in [0.3, 0.4) is 0 Å². The van der Waals surface area contributed by atoms with Crippen molar-refractivity contribution in [3.05, 3.63) is 23.5 Å². The van der Waals surface area contributed by atoms with Crippen molar-refractivity contribution in [2.75, 3.05) is 19.8 Å². The predicted octanol–water partition coefficient (Wildman–Crippen LogP) is 1.72. The van der Waals surface area contributed by atoms with Crippen molar-refractivity contribution in [1.29, 1.82) is 0 Å². The molecule has 1 aromatic carbocycles. The fraction of sp³-hybridized carbons (Fsp3) is 0.500. The molecule has 20 heavy (non-hydrogen) atoms. The largest absolute Gasteiger partial charge is 0.489 e. The summed E-state index contributed by atoms with van der Waals surface area (Å²) in [5.74, 6) is -1.23. The third-order valence-electron chi connectivity index (χ3n) is 3.74. The van der Waals surface area contributed by atoms with Crippen molar-refractivity contribution in [3.8, 4) is 11.5 Å². The summed E-state index contributed by atoms with van der Waals surface area (Å²) >= 11 is 0. The van der Waals surface area contributed by atoms with Crippen molar-refractivity contribution in [1.82, 2.24) is 5.32 Å². The van der Waals surface area contributed by atoms with Gasteiger partial charge >= 0.3 is 5.97 Å². The first-order valence-electron chi connectivity index (χ1n) is 6.71. The first-order valence-corrected chi connectivity index (χ1v) is 6.71. The van der Waals surface area contributed by atoms with E-state index in [0.29, 0.717) is 43.9 Å². The molecule has 2 unspecified atom stereocenters. The number of hydrogen-bond donors (Lipinski definition) is 2. The van der Waals surface area contributed by atoms with Gasteiger partial charge in [0.25, 0.3) is 0 Å². The van der Waals surface area contributed by atoms with Crippen LogP contribution in [0.1, 0.15) is 24.4 Å². The predicted molar refractivity (Wildman–Crippen MR) is 68.5 cm³/mol. The Hall–Kier alpha value is -1.82. The summed E-state index contributed by atoms with van der Waals surface area (Å²) in [4.78, 5) is 11.0. The number of carbonyl (C=O) groups is 1. The van der Waals surface area contributed by atoms with E-state index in [2.05, 4.69) is 5.32 Å². The van der Waals surface area contributed by atoms with Gasteiger partial charge in [-0.25, -0.2) is 4.39 Å². The molecule has 0 bridgehead atoms. The molecule has 3 rings (SSSR count). The minimum atomic E-state index is -0.852. The third-order valence-corrected chi connectivity index (χ3v) is 3.74. The van der Waals surface area contributed by atoms with Gasteiger partial charge in [0.15, 0.2) is 17.3 Å². The number of carboxylic acid groups (broad SMARTS) is 1. The Morgan fingerprint density at radius 2 is 2.15 bits per heavy atom. The zero-order valence-corrected chi connectivity index (χ0v) is 10.9. The number of rotatable bonds is 2.